The van der Waals surface area contributed by atoms with E-state index >= 15 is 0 Å². The van der Waals surface area contributed by atoms with Gasteiger partial charge in [-0.3, -0.25) is 9.59 Å². The van der Waals surface area contributed by atoms with Crippen molar-refractivity contribution in [3.8, 4) is 11.5 Å². The molecule has 1 saturated carbocycles. The first kappa shape index (κ1) is 24.4. The van der Waals surface area contributed by atoms with Crippen LogP contribution in [0.1, 0.15) is 56.6 Å². The molecule has 2 amide bonds. The lowest BCUT2D eigenvalue weighted by molar-refractivity contribution is -0.141. The topological polar surface area (TPSA) is 67.9 Å². The number of nitrogens with one attached hydrogen (secondary N) is 1. The molecule has 1 fully saturated rings. The molecule has 34 heavy (non-hydrogen) atoms. The van der Waals surface area contributed by atoms with Crippen molar-refractivity contribution in [2.45, 2.75) is 70.5 Å². The summed E-state index contributed by atoms with van der Waals surface area (Å²) in [7, 11) is 0. The van der Waals surface area contributed by atoms with Crippen molar-refractivity contribution in [1.29, 1.82) is 0 Å². The first-order valence-corrected chi connectivity index (χ1v) is 12.6. The van der Waals surface area contributed by atoms with Crippen molar-refractivity contribution >= 4 is 23.4 Å². The molecule has 1 aliphatic heterocycles. The fourth-order valence-electron chi connectivity index (χ4n) is 4.60. The average Bonchev–Trinajstić information content (AvgIpc) is 2.87. The summed E-state index contributed by atoms with van der Waals surface area (Å²) >= 11 is 6.39. The highest BCUT2D eigenvalue weighted by Gasteiger charge is 2.28. The van der Waals surface area contributed by atoms with E-state index in [2.05, 4.69) is 5.32 Å². The summed E-state index contributed by atoms with van der Waals surface area (Å²) in [6.45, 7) is 3.16. The third-order valence-corrected chi connectivity index (χ3v) is 7.02. The number of fused-ring (bicyclic) bond motifs is 1. The fraction of sp³-hybridized carbons (Fsp3) is 0.481. The van der Waals surface area contributed by atoms with Crippen LogP contribution in [0.2, 0.25) is 5.02 Å². The van der Waals surface area contributed by atoms with Gasteiger partial charge in [0.2, 0.25) is 11.8 Å². The van der Waals surface area contributed by atoms with E-state index in [0.29, 0.717) is 37.0 Å². The summed E-state index contributed by atoms with van der Waals surface area (Å²) < 4.78 is 11.2. The summed E-state index contributed by atoms with van der Waals surface area (Å²) in [6, 6.07) is 12.8. The first-order valence-electron chi connectivity index (χ1n) is 12.2. The SMILES string of the molecule is C[C@@H](C(=O)NC1CCCCC1)N(Cc1ccccc1Cl)C(=O)CCc1ccc2c(c1)OCCO2. The van der Waals surface area contributed by atoms with Crippen LogP contribution in [0.15, 0.2) is 42.5 Å². The molecule has 0 aromatic heterocycles. The highest BCUT2D eigenvalue weighted by atomic mass is 35.5. The van der Waals surface area contributed by atoms with Crippen LogP contribution in [-0.2, 0) is 22.6 Å². The summed E-state index contributed by atoms with van der Waals surface area (Å²) in [5.41, 5.74) is 1.82. The number of amides is 2. The molecule has 0 bridgehead atoms. The molecule has 1 aliphatic carbocycles. The molecular formula is C27H33ClN2O4. The fourth-order valence-corrected chi connectivity index (χ4v) is 4.80. The highest BCUT2D eigenvalue weighted by molar-refractivity contribution is 6.31. The predicted molar refractivity (Wildman–Crippen MR) is 132 cm³/mol. The number of hydrogen-bond donors (Lipinski definition) is 1. The van der Waals surface area contributed by atoms with Crippen LogP contribution in [0, 0.1) is 0 Å². The number of nitrogens with zero attached hydrogens (tertiary/aromatic N) is 1. The molecule has 4 rings (SSSR count). The number of aryl methyl sites for hydroxylation is 1. The Bertz CT molecular complexity index is 1010. The molecule has 182 valence electrons. The van der Waals surface area contributed by atoms with E-state index in [0.717, 1.165) is 42.6 Å². The lowest BCUT2D eigenvalue weighted by atomic mass is 9.95. The van der Waals surface area contributed by atoms with Gasteiger partial charge < -0.3 is 19.7 Å². The molecule has 0 spiro atoms. The van der Waals surface area contributed by atoms with E-state index in [1.165, 1.54) is 6.42 Å². The minimum absolute atomic E-state index is 0.0823. The Morgan fingerprint density at radius 1 is 1.06 bits per heavy atom. The van der Waals surface area contributed by atoms with Gasteiger partial charge in [0.05, 0.1) is 0 Å². The summed E-state index contributed by atoms with van der Waals surface area (Å²) in [4.78, 5) is 28.2. The quantitative estimate of drug-likeness (QED) is 0.578. The van der Waals surface area contributed by atoms with Crippen LogP contribution >= 0.6 is 11.6 Å². The number of halogens is 1. The molecule has 1 N–H and O–H groups in total. The van der Waals surface area contributed by atoms with Gasteiger partial charge in [0.15, 0.2) is 11.5 Å². The van der Waals surface area contributed by atoms with Crippen molar-refractivity contribution in [1.82, 2.24) is 10.2 Å². The van der Waals surface area contributed by atoms with Gasteiger partial charge in [-0.05, 0) is 55.5 Å². The molecule has 2 aromatic rings. The van der Waals surface area contributed by atoms with Gasteiger partial charge in [-0.15, -0.1) is 0 Å². The second-order valence-electron chi connectivity index (χ2n) is 9.11. The van der Waals surface area contributed by atoms with Crippen molar-refractivity contribution in [3.63, 3.8) is 0 Å². The second-order valence-corrected chi connectivity index (χ2v) is 9.52. The Kier molecular flexibility index (Phi) is 8.33. The third-order valence-electron chi connectivity index (χ3n) is 6.65. The maximum atomic E-state index is 13.4. The van der Waals surface area contributed by atoms with Crippen molar-refractivity contribution in [2.75, 3.05) is 13.2 Å². The zero-order chi connectivity index (χ0) is 23.9. The van der Waals surface area contributed by atoms with Gasteiger partial charge in [0, 0.05) is 24.0 Å². The van der Waals surface area contributed by atoms with E-state index in [1.54, 1.807) is 11.8 Å². The van der Waals surface area contributed by atoms with Gasteiger partial charge in [-0.1, -0.05) is 55.1 Å². The summed E-state index contributed by atoms with van der Waals surface area (Å²) in [6.07, 6.45) is 6.33. The molecule has 0 saturated heterocycles. The Labute approximate surface area is 206 Å². The van der Waals surface area contributed by atoms with E-state index in [1.807, 2.05) is 42.5 Å². The Balaban J connectivity index is 1.45. The minimum atomic E-state index is -0.592. The molecule has 0 radical (unpaired) electrons. The molecule has 1 atom stereocenters. The monoisotopic (exact) mass is 484 g/mol. The zero-order valence-corrected chi connectivity index (χ0v) is 20.5. The van der Waals surface area contributed by atoms with Crippen LogP contribution in [0.3, 0.4) is 0 Å². The van der Waals surface area contributed by atoms with Gasteiger partial charge in [-0.25, -0.2) is 0 Å². The lowest BCUT2D eigenvalue weighted by Crippen LogP contribution is -2.50. The molecular weight excluding hydrogens is 452 g/mol. The highest BCUT2D eigenvalue weighted by Crippen LogP contribution is 2.31. The Morgan fingerprint density at radius 3 is 2.56 bits per heavy atom. The molecule has 6 nitrogen and oxygen atoms in total. The van der Waals surface area contributed by atoms with Gasteiger partial charge >= 0.3 is 0 Å². The largest absolute Gasteiger partial charge is 0.486 e. The minimum Gasteiger partial charge on any atom is -0.486 e. The van der Waals surface area contributed by atoms with Crippen molar-refractivity contribution < 1.29 is 19.1 Å². The Morgan fingerprint density at radius 2 is 1.79 bits per heavy atom. The van der Waals surface area contributed by atoms with E-state index in [4.69, 9.17) is 21.1 Å². The number of ether oxygens (including phenoxy) is 2. The maximum Gasteiger partial charge on any atom is 0.242 e. The number of carbonyl (C=O) groups excluding carboxylic acids is 2. The summed E-state index contributed by atoms with van der Waals surface area (Å²) in [5.74, 6) is 1.26. The Hall–Kier alpha value is -2.73. The van der Waals surface area contributed by atoms with E-state index in [9.17, 15) is 9.59 Å². The van der Waals surface area contributed by atoms with Gasteiger partial charge in [0.1, 0.15) is 19.3 Å². The van der Waals surface area contributed by atoms with Crippen LogP contribution in [0.25, 0.3) is 0 Å². The van der Waals surface area contributed by atoms with Crippen molar-refractivity contribution in [3.05, 3.63) is 58.6 Å². The second kappa shape index (κ2) is 11.6. The van der Waals surface area contributed by atoms with Gasteiger partial charge in [0.25, 0.3) is 0 Å². The van der Waals surface area contributed by atoms with Crippen LogP contribution < -0.4 is 14.8 Å². The zero-order valence-electron chi connectivity index (χ0n) is 19.7. The molecule has 2 aliphatic rings. The molecule has 2 aromatic carbocycles. The summed E-state index contributed by atoms with van der Waals surface area (Å²) in [5, 5.41) is 3.76. The third kappa shape index (κ3) is 6.23. The molecule has 7 heteroatoms. The first-order chi connectivity index (χ1) is 16.5. The molecule has 1 heterocycles. The molecule has 0 unspecified atom stereocenters. The maximum absolute atomic E-state index is 13.4. The lowest BCUT2D eigenvalue weighted by Gasteiger charge is -2.31. The average molecular weight is 485 g/mol. The van der Waals surface area contributed by atoms with Crippen LogP contribution in [-0.4, -0.2) is 42.0 Å². The normalized spacial score (nSPS) is 16.5. The smallest absolute Gasteiger partial charge is 0.242 e. The number of rotatable bonds is 8. The number of carbonyl (C=O) groups is 2. The predicted octanol–water partition coefficient (Wildman–Crippen LogP) is 4.91. The standard InChI is InChI=1S/C27H33ClN2O4/c1-19(27(32)29-22-8-3-2-4-9-22)30(18-21-7-5-6-10-23(21)28)26(31)14-12-20-11-13-24-25(17-20)34-16-15-33-24/h5-7,10-11,13,17,19,22H,2-4,8-9,12,14-16,18H2,1H3,(H,29,32)/t19-/m0/s1. The number of hydrogen-bond acceptors (Lipinski definition) is 4. The van der Waals surface area contributed by atoms with E-state index < -0.39 is 6.04 Å². The van der Waals surface area contributed by atoms with Crippen LogP contribution in [0.5, 0.6) is 11.5 Å². The van der Waals surface area contributed by atoms with E-state index in [-0.39, 0.29) is 24.3 Å². The van der Waals surface area contributed by atoms with Crippen molar-refractivity contribution in [2.24, 2.45) is 0 Å². The number of benzene rings is 2. The van der Waals surface area contributed by atoms with Crippen LogP contribution in [0.4, 0.5) is 0 Å². The van der Waals surface area contributed by atoms with Gasteiger partial charge in [-0.2, -0.15) is 0 Å².